The second-order valence-electron chi connectivity index (χ2n) is 9.68. The minimum atomic E-state index is -0.667. The molecule has 7 nitrogen and oxygen atoms in total. The molecule has 0 radical (unpaired) electrons. The number of carbonyl (C=O) groups excluding carboxylic acids is 2. The number of hydrogen-bond donors (Lipinski definition) is 3. The van der Waals surface area contributed by atoms with Crippen molar-refractivity contribution in [1.82, 2.24) is 15.5 Å². The van der Waals surface area contributed by atoms with Gasteiger partial charge in [-0.25, -0.2) is 4.79 Å². The van der Waals surface area contributed by atoms with E-state index in [9.17, 15) is 14.7 Å². The molecule has 1 atom stereocenters. The van der Waals surface area contributed by atoms with Crippen molar-refractivity contribution < 1.29 is 19.4 Å². The van der Waals surface area contributed by atoms with E-state index < -0.39 is 17.9 Å². The van der Waals surface area contributed by atoms with Gasteiger partial charge in [0.15, 0.2) is 0 Å². The molecule has 2 aliphatic rings. The first-order valence-corrected chi connectivity index (χ1v) is 10.8. The minimum absolute atomic E-state index is 0.0419. The third-order valence-electron chi connectivity index (χ3n) is 6.13. The summed E-state index contributed by atoms with van der Waals surface area (Å²) in [4.78, 5) is 26.5. The number of aliphatic hydroxyl groups excluding tert-OH is 1. The molecule has 30 heavy (non-hydrogen) atoms. The average molecular weight is 418 g/mol. The van der Waals surface area contributed by atoms with Crippen LogP contribution in [0.1, 0.15) is 57.6 Å². The Labute approximate surface area is 179 Å². The molecule has 166 valence electrons. The van der Waals surface area contributed by atoms with Gasteiger partial charge in [0, 0.05) is 18.0 Å². The number of alkyl carbamates (subject to hydrolysis) is 1. The van der Waals surface area contributed by atoms with Gasteiger partial charge in [0.25, 0.3) is 0 Å². The predicted molar refractivity (Wildman–Crippen MR) is 115 cm³/mol. The third-order valence-corrected chi connectivity index (χ3v) is 6.13. The Kier molecular flexibility index (Phi) is 6.72. The molecule has 1 aliphatic carbocycles. The molecule has 0 spiro atoms. The van der Waals surface area contributed by atoms with E-state index in [0.29, 0.717) is 13.1 Å². The summed E-state index contributed by atoms with van der Waals surface area (Å²) < 4.78 is 5.44. The van der Waals surface area contributed by atoms with Crippen LogP contribution in [0, 0.1) is 6.92 Å². The molecule has 1 unspecified atom stereocenters. The maximum absolute atomic E-state index is 12.3. The Morgan fingerprint density at radius 2 is 2.03 bits per heavy atom. The van der Waals surface area contributed by atoms with Crippen LogP contribution in [0.4, 0.5) is 4.79 Å². The van der Waals surface area contributed by atoms with Gasteiger partial charge in [-0.2, -0.15) is 0 Å². The van der Waals surface area contributed by atoms with E-state index in [2.05, 4.69) is 41.8 Å². The van der Waals surface area contributed by atoms with Crippen molar-refractivity contribution in [2.24, 2.45) is 0 Å². The summed E-state index contributed by atoms with van der Waals surface area (Å²) >= 11 is 0. The second-order valence-corrected chi connectivity index (χ2v) is 9.68. The van der Waals surface area contributed by atoms with Crippen LogP contribution in [0.3, 0.4) is 0 Å². The molecule has 3 rings (SSSR count). The number of hydrogen-bond acceptors (Lipinski definition) is 5. The summed E-state index contributed by atoms with van der Waals surface area (Å²) in [5, 5.41) is 15.7. The van der Waals surface area contributed by atoms with Gasteiger partial charge in [-0.05, 0) is 58.9 Å². The van der Waals surface area contributed by atoms with Crippen LogP contribution in [0.15, 0.2) is 24.3 Å². The highest BCUT2D eigenvalue weighted by Crippen LogP contribution is 2.41. The highest BCUT2D eigenvalue weighted by atomic mass is 16.6. The largest absolute Gasteiger partial charge is 0.444 e. The Balaban J connectivity index is 1.73. The van der Waals surface area contributed by atoms with Crippen LogP contribution in [0.25, 0.3) is 0 Å². The number of aryl methyl sites for hydroxylation is 1. The molecule has 7 heteroatoms. The molecule has 1 aliphatic heterocycles. The lowest BCUT2D eigenvalue weighted by Gasteiger charge is -2.45. The van der Waals surface area contributed by atoms with Crippen LogP contribution in [-0.2, 0) is 14.9 Å². The Bertz CT molecular complexity index is 766. The van der Waals surface area contributed by atoms with Crippen molar-refractivity contribution in [2.75, 3.05) is 19.6 Å². The highest BCUT2D eigenvalue weighted by Gasteiger charge is 2.41. The molecule has 1 aromatic carbocycles. The van der Waals surface area contributed by atoms with Crippen LogP contribution < -0.4 is 10.6 Å². The quantitative estimate of drug-likeness (QED) is 0.700. The zero-order chi connectivity index (χ0) is 21.9. The standard InChI is InChI=1S/C23H35N3O4/c1-16-6-5-7-17(12-16)23(15-25-21(29)30-22(2,3)4)10-8-18(9-11-23)26-14-19(27)24-13-20(26)28/h5-7,12,18-19,24,27H,8-11,13-15H2,1-4H3,(H,25,29). The summed E-state index contributed by atoms with van der Waals surface area (Å²) in [6.07, 6.45) is 2.30. The van der Waals surface area contributed by atoms with Crippen LogP contribution >= 0.6 is 0 Å². The van der Waals surface area contributed by atoms with Gasteiger partial charge in [0.1, 0.15) is 11.8 Å². The van der Waals surface area contributed by atoms with Gasteiger partial charge in [-0.3, -0.25) is 10.1 Å². The van der Waals surface area contributed by atoms with Crippen LogP contribution in [0.5, 0.6) is 0 Å². The summed E-state index contributed by atoms with van der Waals surface area (Å²) in [5.74, 6) is 0.0419. The lowest BCUT2D eigenvalue weighted by Crippen LogP contribution is -2.58. The zero-order valence-corrected chi connectivity index (χ0v) is 18.5. The highest BCUT2D eigenvalue weighted by molar-refractivity contribution is 5.79. The van der Waals surface area contributed by atoms with Gasteiger partial charge in [0.05, 0.1) is 13.1 Å². The van der Waals surface area contributed by atoms with Crippen LogP contribution in [0.2, 0.25) is 0 Å². The number of benzene rings is 1. The molecule has 0 aromatic heterocycles. The average Bonchev–Trinajstić information content (AvgIpc) is 2.67. The first kappa shape index (κ1) is 22.6. The van der Waals surface area contributed by atoms with E-state index in [4.69, 9.17) is 4.74 Å². The molecule has 1 heterocycles. The summed E-state index contributed by atoms with van der Waals surface area (Å²) in [6.45, 7) is 8.65. The predicted octanol–water partition coefficient (Wildman–Crippen LogP) is 2.45. The van der Waals surface area contributed by atoms with Crippen molar-refractivity contribution in [3.8, 4) is 0 Å². The third kappa shape index (κ3) is 5.52. The SMILES string of the molecule is Cc1cccc(C2(CNC(=O)OC(C)(C)C)CCC(N3CC(O)NCC3=O)CC2)c1. The molecule has 2 amide bonds. The molecule has 1 saturated heterocycles. The van der Waals surface area contributed by atoms with E-state index in [1.807, 2.05) is 25.7 Å². The van der Waals surface area contributed by atoms with Crippen molar-refractivity contribution in [3.63, 3.8) is 0 Å². The molecular weight excluding hydrogens is 382 g/mol. The number of β-amino-alcohol motifs (C(OH)–C–C–N with tert-alkyl or cyclic N) is 1. The van der Waals surface area contributed by atoms with E-state index in [1.54, 1.807) is 0 Å². The zero-order valence-electron chi connectivity index (χ0n) is 18.5. The summed E-state index contributed by atoms with van der Waals surface area (Å²) in [6, 6.07) is 8.57. The number of carbonyl (C=O) groups is 2. The number of amides is 2. The topological polar surface area (TPSA) is 90.9 Å². The Hall–Kier alpha value is -2.12. The molecule has 1 aromatic rings. The first-order valence-electron chi connectivity index (χ1n) is 10.8. The van der Waals surface area contributed by atoms with Crippen molar-refractivity contribution in [3.05, 3.63) is 35.4 Å². The Morgan fingerprint density at radius 1 is 1.33 bits per heavy atom. The number of rotatable bonds is 4. The van der Waals surface area contributed by atoms with Crippen LogP contribution in [-0.4, -0.2) is 59.5 Å². The number of piperazine rings is 1. The van der Waals surface area contributed by atoms with Gasteiger partial charge in [-0.1, -0.05) is 29.8 Å². The summed E-state index contributed by atoms with van der Waals surface area (Å²) in [5.41, 5.74) is 1.66. The number of aliphatic hydroxyl groups is 1. The second kappa shape index (κ2) is 8.94. The fourth-order valence-electron chi connectivity index (χ4n) is 4.58. The van der Waals surface area contributed by atoms with Crippen molar-refractivity contribution >= 4 is 12.0 Å². The van der Waals surface area contributed by atoms with Gasteiger partial charge < -0.3 is 20.1 Å². The number of nitrogens with zero attached hydrogens (tertiary/aromatic N) is 1. The maximum atomic E-state index is 12.3. The van der Waals surface area contributed by atoms with E-state index in [1.165, 1.54) is 11.1 Å². The number of ether oxygens (including phenoxy) is 1. The van der Waals surface area contributed by atoms with Crippen molar-refractivity contribution in [1.29, 1.82) is 0 Å². The fourth-order valence-corrected chi connectivity index (χ4v) is 4.58. The maximum Gasteiger partial charge on any atom is 0.407 e. The molecule has 1 saturated carbocycles. The van der Waals surface area contributed by atoms with Gasteiger partial charge in [-0.15, -0.1) is 0 Å². The normalized spacial score (nSPS) is 27.6. The number of nitrogens with one attached hydrogen (secondary N) is 2. The fraction of sp³-hybridized carbons (Fsp3) is 0.652. The van der Waals surface area contributed by atoms with Gasteiger partial charge in [0.2, 0.25) is 5.91 Å². The molecule has 0 bridgehead atoms. The molecular formula is C23H35N3O4. The summed E-state index contributed by atoms with van der Waals surface area (Å²) in [7, 11) is 0. The molecule has 3 N–H and O–H groups in total. The van der Waals surface area contributed by atoms with E-state index in [0.717, 1.165) is 25.7 Å². The first-order chi connectivity index (χ1) is 14.1. The Morgan fingerprint density at radius 3 is 2.67 bits per heavy atom. The van der Waals surface area contributed by atoms with E-state index in [-0.39, 0.29) is 23.9 Å². The van der Waals surface area contributed by atoms with Crippen molar-refractivity contribution in [2.45, 2.75) is 76.7 Å². The van der Waals surface area contributed by atoms with E-state index >= 15 is 0 Å². The minimum Gasteiger partial charge on any atom is -0.444 e. The lowest BCUT2D eigenvalue weighted by atomic mass is 9.67. The smallest absolute Gasteiger partial charge is 0.407 e. The monoisotopic (exact) mass is 417 g/mol. The molecule has 2 fully saturated rings. The van der Waals surface area contributed by atoms with Gasteiger partial charge >= 0.3 is 6.09 Å². The lowest BCUT2D eigenvalue weighted by molar-refractivity contribution is -0.140.